The summed E-state index contributed by atoms with van der Waals surface area (Å²) in [6.07, 6.45) is 0. The van der Waals surface area contributed by atoms with Crippen molar-refractivity contribution in [1.29, 1.82) is 0 Å². The van der Waals surface area contributed by atoms with Crippen molar-refractivity contribution in [2.45, 2.75) is 76.2 Å². The summed E-state index contributed by atoms with van der Waals surface area (Å²) < 4.78 is 0. The van der Waals surface area contributed by atoms with Crippen molar-refractivity contribution in [2.75, 3.05) is 0 Å². The molecule has 7 rings (SSSR count). The number of carbonyl (C=O) groups is 2. The highest BCUT2D eigenvalue weighted by Gasteiger charge is 2.20. The highest BCUT2D eigenvalue weighted by Crippen LogP contribution is 2.42. The predicted octanol–water partition coefficient (Wildman–Crippen LogP) is 13.9. The van der Waals surface area contributed by atoms with E-state index in [-0.39, 0.29) is 22.6 Å². The van der Waals surface area contributed by atoms with Crippen LogP contribution in [0.5, 0.6) is 11.5 Å². The number of aromatic hydroxyl groups is 2. The van der Waals surface area contributed by atoms with E-state index in [1.807, 2.05) is 13.8 Å². The van der Waals surface area contributed by atoms with E-state index in [1.165, 1.54) is 85.0 Å². The minimum atomic E-state index is -1.16. The van der Waals surface area contributed by atoms with Gasteiger partial charge in [-0.15, -0.1) is 0 Å². The summed E-state index contributed by atoms with van der Waals surface area (Å²) in [5, 5.41) is 39.7. The van der Waals surface area contributed by atoms with E-state index in [1.54, 1.807) is 12.1 Å². The first kappa shape index (κ1) is 42.2. The van der Waals surface area contributed by atoms with Gasteiger partial charge in [0, 0.05) is 0 Å². The summed E-state index contributed by atoms with van der Waals surface area (Å²) in [6.45, 7) is 23.2. The highest BCUT2D eigenvalue weighted by molar-refractivity contribution is 5.94. The summed E-state index contributed by atoms with van der Waals surface area (Å²) in [5.74, 6) is -2.79. The molecule has 0 heterocycles. The Hall–Kier alpha value is -6.92. The maximum atomic E-state index is 11.6. The first-order valence-electron chi connectivity index (χ1n) is 20.5. The molecule has 7 aromatic carbocycles. The van der Waals surface area contributed by atoms with Crippen LogP contribution in [0.25, 0.3) is 66.8 Å². The van der Waals surface area contributed by atoms with Gasteiger partial charge in [0.15, 0.2) is 0 Å². The molecule has 0 aromatic heterocycles. The molecular weight excluding hydrogens is 757 g/mol. The van der Waals surface area contributed by atoms with E-state index in [0.717, 1.165) is 61.2 Å². The van der Waals surface area contributed by atoms with Gasteiger partial charge in [0.1, 0.15) is 22.6 Å². The Morgan fingerprint density at radius 1 is 0.295 bits per heavy atom. The van der Waals surface area contributed by atoms with Gasteiger partial charge in [-0.25, -0.2) is 9.59 Å². The van der Waals surface area contributed by atoms with E-state index in [2.05, 4.69) is 123 Å². The predicted molar refractivity (Wildman–Crippen MR) is 248 cm³/mol. The second-order valence-electron chi connectivity index (χ2n) is 16.9. The summed E-state index contributed by atoms with van der Waals surface area (Å²) in [6, 6.07) is 30.2. The van der Waals surface area contributed by atoms with Crippen LogP contribution in [-0.2, 0) is 0 Å². The van der Waals surface area contributed by atoms with E-state index in [4.69, 9.17) is 0 Å². The molecule has 0 aliphatic heterocycles. The van der Waals surface area contributed by atoms with Crippen molar-refractivity contribution in [1.82, 2.24) is 0 Å². The van der Waals surface area contributed by atoms with E-state index in [0.29, 0.717) is 0 Å². The van der Waals surface area contributed by atoms with E-state index >= 15 is 0 Å². The molecule has 0 radical (unpaired) electrons. The normalized spacial score (nSPS) is 11.3. The first-order chi connectivity index (χ1) is 28.7. The third kappa shape index (κ3) is 7.70. The molecular formula is C55H52O6. The van der Waals surface area contributed by atoms with Crippen molar-refractivity contribution in [3.8, 4) is 78.3 Å². The number of carboxylic acid groups (broad SMARTS) is 2. The summed E-state index contributed by atoms with van der Waals surface area (Å²) in [7, 11) is 0. The maximum absolute atomic E-state index is 11.6. The zero-order chi connectivity index (χ0) is 44.3. The number of benzene rings is 7. The Morgan fingerprint density at radius 3 is 0.803 bits per heavy atom. The van der Waals surface area contributed by atoms with Crippen molar-refractivity contribution < 1.29 is 30.0 Å². The molecule has 6 heteroatoms. The van der Waals surface area contributed by atoms with Crippen molar-refractivity contribution >= 4 is 11.9 Å². The maximum Gasteiger partial charge on any atom is 0.339 e. The fourth-order valence-electron chi connectivity index (χ4n) is 9.04. The second-order valence-corrected chi connectivity index (χ2v) is 16.9. The van der Waals surface area contributed by atoms with Gasteiger partial charge in [-0.05, 0) is 228 Å². The fraction of sp³-hybridized carbons (Fsp3) is 0.200. The van der Waals surface area contributed by atoms with Crippen LogP contribution in [0.4, 0.5) is 0 Å². The zero-order valence-electron chi connectivity index (χ0n) is 36.8. The van der Waals surface area contributed by atoms with Crippen LogP contribution in [0, 0.1) is 76.2 Å². The SMILES string of the molecule is Cc1cc(-c2cc(C)c(-c3cc(C)c(-c4cc(C)c(-c5cc(C)c(-c6cc(O)c(C(=O)O)cc6C)cc5C)cc4C)cc3C)cc2C)c(C)cc1-c1ccc(C(=O)O)c(O)c1. The van der Waals surface area contributed by atoms with Gasteiger partial charge < -0.3 is 20.4 Å². The monoisotopic (exact) mass is 808 g/mol. The molecule has 0 bridgehead atoms. The Morgan fingerprint density at radius 2 is 0.525 bits per heavy atom. The van der Waals surface area contributed by atoms with Crippen LogP contribution >= 0.6 is 0 Å². The standard InChI is InChI=1S/C55H52O6/c1-27-15-41(28(2)14-40(27)38-12-13-39(54(58)59)52(56)25-38)42-16-30(4)43(17-29(42)3)44-18-32(6)45(19-31(44)5)46-20-34(8)47(21-33(46)7)48-22-36(10)49(23-35(48)9)50-26-53(57)51(55(60)61)24-37(50)11/h12-26,56-57H,1-11H3,(H,58,59)(H,60,61). The lowest BCUT2D eigenvalue weighted by Crippen LogP contribution is -2.00. The quantitative estimate of drug-likeness (QED) is 0.122. The molecule has 308 valence electrons. The topological polar surface area (TPSA) is 115 Å². The first-order valence-corrected chi connectivity index (χ1v) is 20.5. The molecule has 4 N–H and O–H groups in total. The van der Waals surface area contributed by atoms with Gasteiger partial charge in [-0.1, -0.05) is 66.7 Å². The number of rotatable bonds is 8. The van der Waals surface area contributed by atoms with Crippen molar-refractivity contribution in [3.63, 3.8) is 0 Å². The Balaban J connectivity index is 1.20. The largest absolute Gasteiger partial charge is 0.507 e. The number of carboxylic acids is 2. The lowest BCUT2D eigenvalue weighted by molar-refractivity contribution is 0.0682. The lowest BCUT2D eigenvalue weighted by Gasteiger charge is -2.21. The smallest absolute Gasteiger partial charge is 0.339 e. The Bertz CT molecular complexity index is 3000. The molecule has 0 aliphatic rings. The molecule has 0 unspecified atom stereocenters. The van der Waals surface area contributed by atoms with Gasteiger partial charge >= 0.3 is 11.9 Å². The molecule has 0 atom stereocenters. The number of phenols is 2. The van der Waals surface area contributed by atoms with Crippen molar-refractivity contribution in [3.05, 3.63) is 163 Å². The molecule has 0 amide bonds. The van der Waals surface area contributed by atoms with E-state index < -0.39 is 11.9 Å². The van der Waals surface area contributed by atoms with Gasteiger partial charge in [0.2, 0.25) is 0 Å². The van der Waals surface area contributed by atoms with Crippen LogP contribution in [0.1, 0.15) is 81.9 Å². The van der Waals surface area contributed by atoms with Crippen LogP contribution in [0.2, 0.25) is 0 Å². The number of hydrogen-bond acceptors (Lipinski definition) is 4. The summed E-state index contributed by atoms with van der Waals surface area (Å²) in [4.78, 5) is 23.1. The minimum absolute atomic E-state index is 0.0992. The van der Waals surface area contributed by atoms with E-state index in [9.17, 15) is 30.0 Å². The van der Waals surface area contributed by atoms with Crippen LogP contribution < -0.4 is 0 Å². The Kier molecular flexibility index (Phi) is 11.0. The number of hydrogen-bond donors (Lipinski definition) is 4. The van der Waals surface area contributed by atoms with Gasteiger partial charge in [0.05, 0.1) is 0 Å². The van der Waals surface area contributed by atoms with Gasteiger partial charge in [-0.2, -0.15) is 0 Å². The Labute approximate surface area is 358 Å². The second kappa shape index (κ2) is 15.9. The van der Waals surface area contributed by atoms with Gasteiger partial charge in [-0.3, -0.25) is 0 Å². The molecule has 61 heavy (non-hydrogen) atoms. The lowest BCUT2D eigenvalue weighted by atomic mass is 9.84. The molecule has 0 fully saturated rings. The van der Waals surface area contributed by atoms with Crippen LogP contribution in [0.15, 0.2) is 91.0 Å². The average molecular weight is 809 g/mol. The highest BCUT2D eigenvalue weighted by atomic mass is 16.4. The molecule has 0 spiro atoms. The van der Waals surface area contributed by atoms with Crippen molar-refractivity contribution in [2.24, 2.45) is 0 Å². The zero-order valence-corrected chi connectivity index (χ0v) is 36.8. The van der Waals surface area contributed by atoms with Gasteiger partial charge in [0.25, 0.3) is 0 Å². The number of aromatic carboxylic acids is 2. The summed E-state index contributed by atoms with van der Waals surface area (Å²) in [5.41, 5.74) is 24.9. The summed E-state index contributed by atoms with van der Waals surface area (Å²) >= 11 is 0. The van der Waals surface area contributed by atoms with Crippen LogP contribution in [-0.4, -0.2) is 32.4 Å². The molecule has 0 aliphatic carbocycles. The average Bonchev–Trinajstić information content (AvgIpc) is 3.19. The number of aryl methyl sites for hydroxylation is 11. The molecule has 0 saturated heterocycles. The fourth-order valence-corrected chi connectivity index (χ4v) is 9.04. The third-order valence-electron chi connectivity index (χ3n) is 12.4. The molecule has 0 saturated carbocycles. The van der Waals surface area contributed by atoms with Crippen LogP contribution in [0.3, 0.4) is 0 Å². The third-order valence-corrected chi connectivity index (χ3v) is 12.4. The minimum Gasteiger partial charge on any atom is -0.507 e. The molecule has 7 aromatic rings. The molecule has 6 nitrogen and oxygen atoms in total.